The molecular weight excluding hydrogens is 404 g/mol. The van der Waals surface area contributed by atoms with Gasteiger partial charge in [0.15, 0.2) is 5.79 Å². The normalized spacial score (nSPS) is 33.6. The van der Waals surface area contributed by atoms with Crippen molar-refractivity contribution >= 4 is 25.0 Å². The summed E-state index contributed by atoms with van der Waals surface area (Å²) in [4.78, 5) is 24.6. The molecule has 1 N–H and O–H groups in total. The van der Waals surface area contributed by atoms with Gasteiger partial charge in [0.05, 0.1) is 17.6 Å². The van der Waals surface area contributed by atoms with E-state index in [4.69, 9.17) is 9.47 Å². The van der Waals surface area contributed by atoms with Gasteiger partial charge in [0.25, 0.3) is 8.32 Å². The molecule has 5 atom stereocenters. The number of hydrogen-bond donors (Lipinski definition) is 1. The van der Waals surface area contributed by atoms with Crippen LogP contribution in [0.1, 0.15) is 40.5 Å². The van der Waals surface area contributed by atoms with Crippen LogP contribution in [-0.4, -0.2) is 37.4 Å². The maximum absolute atomic E-state index is 12.5. The molecule has 0 aromatic heterocycles. The Morgan fingerprint density at radius 2 is 1.58 bits per heavy atom. The third-order valence-corrected chi connectivity index (χ3v) is 12.5. The largest absolute Gasteiger partial charge is 0.424 e. The lowest BCUT2D eigenvalue weighted by atomic mass is 9.89. The topological polar surface area (TPSA) is 55.8 Å². The van der Waals surface area contributed by atoms with Crippen molar-refractivity contribution in [3.63, 3.8) is 0 Å². The highest BCUT2D eigenvalue weighted by molar-refractivity contribution is 6.98. The third kappa shape index (κ3) is 3.01. The summed E-state index contributed by atoms with van der Waals surface area (Å²) in [6.45, 7) is 8.25. The van der Waals surface area contributed by atoms with Crippen LogP contribution >= 0.6 is 0 Å². The molecule has 0 unspecified atom stereocenters. The first-order valence-corrected chi connectivity index (χ1v) is 13.2. The van der Waals surface area contributed by atoms with Crippen molar-refractivity contribution in [1.82, 2.24) is 0 Å². The summed E-state index contributed by atoms with van der Waals surface area (Å²) in [5.41, 5.74) is -0.404. The second kappa shape index (κ2) is 6.85. The molecule has 5 heteroatoms. The molecule has 164 valence electrons. The van der Waals surface area contributed by atoms with Gasteiger partial charge in [-0.05, 0) is 53.9 Å². The van der Waals surface area contributed by atoms with Gasteiger partial charge in [-0.3, -0.25) is 0 Å². The minimum absolute atomic E-state index is 0.0944. The Labute approximate surface area is 185 Å². The van der Waals surface area contributed by atoms with E-state index >= 15 is 0 Å². The van der Waals surface area contributed by atoms with Gasteiger partial charge < -0.3 is 19.1 Å². The van der Waals surface area contributed by atoms with Gasteiger partial charge in [0, 0.05) is 0 Å². The Kier molecular flexibility index (Phi) is 4.66. The van der Waals surface area contributed by atoms with Crippen LogP contribution < -0.4 is 10.4 Å². The number of carbonyl (C=O) groups excluding carboxylic acids is 1. The Balaban J connectivity index is 1.54. The Morgan fingerprint density at radius 3 is 2.10 bits per heavy atom. The van der Waals surface area contributed by atoms with E-state index in [2.05, 4.69) is 38.1 Å². The van der Waals surface area contributed by atoms with Crippen molar-refractivity contribution in [3.05, 3.63) is 60.7 Å². The highest BCUT2D eigenvalue weighted by Crippen LogP contribution is 2.71. The summed E-state index contributed by atoms with van der Waals surface area (Å²) >= 11 is 0. The van der Waals surface area contributed by atoms with Crippen LogP contribution in [0.25, 0.3) is 0 Å². The van der Waals surface area contributed by atoms with Crippen molar-refractivity contribution in [2.45, 2.75) is 63.6 Å². The fraction of sp³-hybridized carbons (Fsp3) is 0.500. The fourth-order valence-corrected chi connectivity index (χ4v) is 10.2. The Bertz CT molecular complexity index is 934. The van der Waals surface area contributed by atoms with Crippen LogP contribution in [-0.2, 0) is 14.3 Å². The molecule has 2 aromatic rings. The SMILES string of the molecule is CC1(C)O[C@H]2[C@@H](CC(C)(C)[Si](O)(c3ccccc3)c3ccccc3)[C@H]3C[C@@]3(C=O)[C@H]2O1. The molecule has 0 spiro atoms. The van der Waals surface area contributed by atoms with E-state index in [0.29, 0.717) is 0 Å². The van der Waals surface area contributed by atoms with Crippen LogP contribution in [0.5, 0.6) is 0 Å². The van der Waals surface area contributed by atoms with Crippen LogP contribution in [0, 0.1) is 17.3 Å². The molecule has 1 aliphatic heterocycles. The molecule has 1 heterocycles. The van der Waals surface area contributed by atoms with Crippen LogP contribution in [0.3, 0.4) is 0 Å². The standard InChI is InChI=1S/C26H32O4Si/c1-24(2,31(28,18-11-7-5-8-12-18)19-13-9-6-10-14-19)15-20-21-16-26(21,17-27)23-22(20)29-25(3,4)30-23/h5-14,17,20-23,28H,15-16H2,1-4H3/t20-,21+,22-,23-,26-/m0/s1. The van der Waals surface area contributed by atoms with Crippen molar-refractivity contribution in [2.75, 3.05) is 0 Å². The molecule has 4 nitrogen and oxygen atoms in total. The molecule has 2 aliphatic carbocycles. The van der Waals surface area contributed by atoms with E-state index in [9.17, 15) is 9.59 Å². The quantitative estimate of drug-likeness (QED) is 0.558. The molecule has 2 aromatic carbocycles. The van der Waals surface area contributed by atoms with Gasteiger partial charge in [-0.1, -0.05) is 74.5 Å². The fourth-order valence-electron chi connectivity index (χ4n) is 6.45. The zero-order chi connectivity index (χ0) is 22.1. The average Bonchev–Trinajstić information content (AvgIpc) is 3.34. The van der Waals surface area contributed by atoms with Crippen molar-refractivity contribution in [1.29, 1.82) is 0 Å². The van der Waals surface area contributed by atoms with Crippen LogP contribution in [0.4, 0.5) is 0 Å². The number of rotatable bonds is 6. The summed E-state index contributed by atoms with van der Waals surface area (Å²) in [5, 5.41) is 1.66. The summed E-state index contributed by atoms with van der Waals surface area (Å²) < 4.78 is 12.6. The minimum Gasteiger partial charge on any atom is -0.424 e. The molecule has 0 bridgehead atoms. The van der Waals surface area contributed by atoms with Crippen molar-refractivity contribution in [2.24, 2.45) is 17.3 Å². The van der Waals surface area contributed by atoms with Crippen LogP contribution in [0.15, 0.2) is 60.7 Å². The first-order valence-electron chi connectivity index (χ1n) is 11.3. The van der Waals surface area contributed by atoms with E-state index in [1.807, 2.05) is 50.2 Å². The number of carbonyl (C=O) groups is 1. The van der Waals surface area contributed by atoms with Crippen molar-refractivity contribution in [3.8, 4) is 0 Å². The van der Waals surface area contributed by atoms with E-state index in [1.165, 1.54) is 0 Å². The smallest absolute Gasteiger partial charge is 0.258 e. The van der Waals surface area contributed by atoms with Crippen molar-refractivity contribution < 1.29 is 19.1 Å². The predicted octanol–water partition coefficient (Wildman–Crippen LogP) is 3.26. The number of fused-ring (bicyclic) bond motifs is 3. The van der Waals surface area contributed by atoms with Gasteiger partial charge in [-0.2, -0.15) is 0 Å². The molecule has 2 saturated carbocycles. The lowest BCUT2D eigenvalue weighted by molar-refractivity contribution is -0.163. The summed E-state index contributed by atoms with van der Waals surface area (Å²) in [5.74, 6) is -0.202. The molecule has 1 saturated heterocycles. The maximum atomic E-state index is 12.5. The molecule has 3 aliphatic rings. The molecular formula is C26H32O4Si. The molecule has 0 radical (unpaired) electrons. The maximum Gasteiger partial charge on any atom is 0.258 e. The molecule has 0 amide bonds. The summed E-state index contributed by atoms with van der Waals surface area (Å²) in [6, 6.07) is 20.2. The van der Waals surface area contributed by atoms with E-state index < -0.39 is 19.5 Å². The number of aldehydes is 1. The first kappa shape index (κ1) is 21.1. The van der Waals surface area contributed by atoms with E-state index in [1.54, 1.807) is 0 Å². The molecule has 31 heavy (non-hydrogen) atoms. The van der Waals surface area contributed by atoms with Gasteiger partial charge in [-0.15, -0.1) is 0 Å². The summed E-state index contributed by atoms with van der Waals surface area (Å²) in [7, 11) is -3.11. The second-order valence-corrected chi connectivity index (χ2v) is 14.7. The molecule has 3 fully saturated rings. The molecule has 5 rings (SSSR count). The van der Waals surface area contributed by atoms with E-state index in [0.717, 1.165) is 29.5 Å². The lowest BCUT2D eigenvalue weighted by Crippen LogP contribution is -2.65. The highest BCUT2D eigenvalue weighted by atomic mass is 28.4. The van der Waals surface area contributed by atoms with Gasteiger partial charge in [-0.25, -0.2) is 0 Å². The number of ether oxygens (including phenoxy) is 2. The first-order chi connectivity index (χ1) is 14.6. The summed E-state index contributed by atoms with van der Waals surface area (Å²) in [6.07, 6.45) is 2.51. The predicted molar refractivity (Wildman–Crippen MR) is 123 cm³/mol. The number of benzene rings is 2. The number of hydrogen-bond acceptors (Lipinski definition) is 4. The second-order valence-electron chi connectivity index (χ2n) is 10.8. The van der Waals surface area contributed by atoms with Gasteiger partial charge >= 0.3 is 0 Å². The highest BCUT2D eigenvalue weighted by Gasteiger charge is 2.76. The zero-order valence-corrected chi connectivity index (χ0v) is 19.7. The van der Waals surface area contributed by atoms with Gasteiger partial charge in [0.1, 0.15) is 6.29 Å². The van der Waals surface area contributed by atoms with Crippen LogP contribution in [0.2, 0.25) is 5.04 Å². The third-order valence-electron chi connectivity index (χ3n) is 8.03. The van der Waals surface area contributed by atoms with Gasteiger partial charge in [0.2, 0.25) is 0 Å². The monoisotopic (exact) mass is 436 g/mol. The Hall–Kier alpha value is -1.79. The average molecular weight is 437 g/mol. The lowest BCUT2D eigenvalue weighted by Gasteiger charge is -2.43. The zero-order valence-electron chi connectivity index (χ0n) is 18.7. The Morgan fingerprint density at radius 1 is 1.03 bits per heavy atom. The van der Waals surface area contributed by atoms with E-state index in [-0.39, 0.29) is 29.1 Å². The minimum atomic E-state index is -3.11.